The van der Waals surface area contributed by atoms with Gasteiger partial charge in [-0.25, -0.2) is 9.97 Å². The minimum atomic E-state index is 0.163. The topological polar surface area (TPSA) is 70.8 Å². The zero-order valence-electron chi connectivity index (χ0n) is 14.3. The molecule has 5 heteroatoms. The molecule has 1 saturated heterocycles. The van der Waals surface area contributed by atoms with Crippen molar-refractivity contribution in [3.05, 3.63) is 53.5 Å². The third-order valence-corrected chi connectivity index (χ3v) is 5.99. The summed E-state index contributed by atoms with van der Waals surface area (Å²) in [6.07, 6.45) is 8.64. The van der Waals surface area contributed by atoms with E-state index in [1.54, 1.807) is 0 Å². The highest BCUT2D eigenvalue weighted by atomic mass is 15.1. The first-order valence-corrected chi connectivity index (χ1v) is 9.13. The Morgan fingerprint density at radius 2 is 2.20 bits per heavy atom. The summed E-state index contributed by atoms with van der Waals surface area (Å²) in [7, 11) is 0. The van der Waals surface area contributed by atoms with E-state index in [2.05, 4.69) is 44.1 Å². The van der Waals surface area contributed by atoms with Crippen LogP contribution >= 0.6 is 0 Å². The Labute approximate surface area is 147 Å². The van der Waals surface area contributed by atoms with E-state index in [0.717, 1.165) is 26.1 Å². The van der Waals surface area contributed by atoms with E-state index in [0.29, 0.717) is 5.95 Å². The minimum absolute atomic E-state index is 0.163. The maximum absolute atomic E-state index is 5.89. The third kappa shape index (κ3) is 2.42. The summed E-state index contributed by atoms with van der Waals surface area (Å²) >= 11 is 0. The van der Waals surface area contributed by atoms with Crippen molar-refractivity contribution in [1.82, 2.24) is 19.9 Å². The fourth-order valence-electron chi connectivity index (χ4n) is 4.84. The van der Waals surface area contributed by atoms with Crippen LogP contribution in [-0.2, 0) is 18.4 Å². The van der Waals surface area contributed by atoms with Gasteiger partial charge in [-0.05, 0) is 55.5 Å². The SMILES string of the molecule is Nc1ncc2c(n1)C1(CCCN(Cc3cccc4[nH]ccc34)C1)CC2. The number of benzene rings is 1. The molecule has 1 spiro atoms. The number of nitrogens with two attached hydrogens (primary N) is 1. The summed E-state index contributed by atoms with van der Waals surface area (Å²) in [5, 5.41) is 1.33. The number of hydrogen-bond acceptors (Lipinski definition) is 4. The molecule has 1 aromatic carbocycles. The van der Waals surface area contributed by atoms with Crippen LogP contribution in [0.25, 0.3) is 10.9 Å². The highest BCUT2D eigenvalue weighted by Gasteiger charge is 2.43. The quantitative estimate of drug-likeness (QED) is 0.756. The number of aryl methyl sites for hydroxylation is 1. The lowest BCUT2D eigenvalue weighted by Gasteiger charge is -2.40. The molecule has 3 heterocycles. The van der Waals surface area contributed by atoms with Crippen LogP contribution in [-0.4, -0.2) is 32.9 Å². The molecule has 0 saturated carbocycles. The molecule has 1 aliphatic carbocycles. The second-order valence-electron chi connectivity index (χ2n) is 7.55. The van der Waals surface area contributed by atoms with Gasteiger partial charge < -0.3 is 10.7 Å². The van der Waals surface area contributed by atoms with Crippen LogP contribution in [0.2, 0.25) is 0 Å². The second-order valence-corrected chi connectivity index (χ2v) is 7.55. The number of nitrogens with one attached hydrogen (secondary N) is 1. The number of nitrogen functional groups attached to an aromatic ring is 1. The van der Waals surface area contributed by atoms with Gasteiger partial charge in [0.15, 0.2) is 0 Å². The Morgan fingerprint density at radius 3 is 3.16 bits per heavy atom. The number of likely N-dealkylation sites (tertiary alicyclic amines) is 1. The average Bonchev–Trinajstić information content (AvgIpc) is 3.22. The first kappa shape index (κ1) is 14.9. The van der Waals surface area contributed by atoms with Crippen molar-refractivity contribution in [2.75, 3.05) is 18.8 Å². The number of aromatic nitrogens is 3. The zero-order valence-corrected chi connectivity index (χ0v) is 14.3. The number of piperidine rings is 1. The highest BCUT2D eigenvalue weighted by molar-refractivity contribution is 5.82. The smallest absolute Gasteiger partial charge is 0.220 e. The Morgan fingerprint density at radius 1 is 1.24 bits per heavy atom. The molecule has 5 nitrogen and oxygen atoms in total. The Hall–Kier alpha value is -2.40. The number of rotatable bonds is 2. The van der Waals surface area contributed by atoms with E-state index >= 15 is 0 Å². The molecule has 25 heavy (non-hydrogen) atoms. The van der Waals surface area contributed by atoms with Crippen LogP contribution in [0.1, 0.15) is 36.1 Å². The monoisotopic (exact) mass is 333 g/mol. The predicted octanol–water partition coefficient (Wildman–Crippen LogP) is 3.02. The number of anilines is 1. The van der Waals surface area contributed by atoms with Gasteiger partial charge >= 0.3 is 0 Å². The predicted molar refractivity (Wildman–Crippen MR) is 99.3 cm³/mol. The van der Waals surface area contributed by atoms with Gasteiger partial charge in [0.25, 0.3) is 0 Å². The van der Waals surface area contributed by atoms with E-state index in [1.807, 2.05) is 12.4 Å². The Bertz CT molecular complexity index is 927. The van der Waals surface area contributed by atoms with Crippen molar-refractivity contribution < 1.29 is 0 Å². The van der Waals surface area contributed by atoms with Gasteiger partial charge in [-0.1, -0.05) is 12.1 Å². The van der Waals surface area contributed by atoms with Crippen LogP contribution in [0.5, 0.6) is 0 Å². The van der Waals surface area contributed by atoms with Gasteiger partial charge in [-0.2, -0.15) is 0 Å². The molecule has 0 amide bonds. The maximum Gasteiger partial charge on any atom is 0.220 e. The van der Waals surface area contributed by atoms with Crippen molar-refractivity contribution in [3.8, 4) is 0 Å². The first-order valence-electron chi connectivity index (χ1n) is 9.13. The summed E-state index contributed by atoms with van der Waals surface area (Å²) in [6.45, 7) is 3.21. The normalized spacial score (nSPS) is 23.4. The molecule has 3 aromatic rings. The standard InChI is InChI=1S/C20H23N5/c21-19-23-11-14-5-8-20(18(14)24-19)7-2-10-25(13-20)12-15-3-1-4-17-16(15)6-9-22-17/h1,3-4,6,9,11,22H,2,5,7-8,10,12-13H2,(H2,21,23,24). The summed E-state index contributed by atoms with van der Waals surface area (Å²) in [4.78, 5) is 14.8. The van der Waals surface area contributed by atoms with E-state index < -0.39 is 0 Å². The maximum atomic E-state index is 5.89. The highest BCUT2D eigenvalue weighted by Crippen LogP contribution is 2.44. The molecule has 2 aromatic heterocycles. The first-order chi connectivity index (χ1) is 12.2. The summed E-state index contributed by atoms with van der Waals surface area (Å²) in [5.41, 5.74) is 11.2. The second kappa shape index (κ2) is 5.56. The van der Waals surface area contributed by atoms with E-state index in [1.165, 1.54) is 47.0 Å². The minimum Gasteiger partial charge on any atom is -0.368 e. The molecule has 128 valence electrons. The van der Waals surface area contributed by atoms with Crippen molar-refractivity contribution >= 4 is 16.9 Å². The molecule has 2 aliphatic rings. The van der Waals surface area contributed by atoms with Gasteiger partial charge in [0, 0.05) is 41.8 Å². The molecule has 1 aliphatic heterocycles. The number of nitrogens with zero attached hydrogens (tertiary/aromatic N) is 3. The number of aromatic amines is 1. The number of hydrogen-bond donors (Lipinski definition) is 2. The molecule has 0 bridgehead atoms. The lowest BCUT2D eigenvalue weighted by atomic mass is 9.77. The van der Waals surface area contributed by atoms with Gasteiger partial charge in [0.05, 0.1) is 5.69 Å². The molecular formula is C20H23N5. The van der Waals surface area contributed by atoms with Crippen LogP contribution < -0.4 is 5.73 Å². The summed E-state index contributed by atoms with van der Waals surface area (Å²) in [6, 6.07) is 8.72. The fraction of sp³-hybridized carbons (Fsp3) is 0.400. The lowest BCUT2D eigenvalue weighted by Crippen LogP contribution is -2.45. The molecular weight excluding hydrogens is 310 g/mol. The van der Waals surface area contributed by atoms with E-state index in [-0.39, 0.29) is 5.41 Å². The molecule has 1 fully saturated rings. The third-order valence-electron chi connectivity index (χ3n) is 5.99. The van der Waals surface area contributed by atoms with Crippen molar-refractivity contribution in [3.63, 3.8) is 0 Å². The van der Waals surface area contributed by atoms with Crippen molar-refractivity contribution in [1.29, 1.82) is 0 Å². The van der Waals surface area contributed by atoms with Crippen LogP contribution in [0, 0.1) is 0 Å². The van der Waals surface area contributed by atoms with E-state index in [9.17, 15) is 0 Å². The molecule has 5 rings (SSSR count). The summed E-state index contributed by atoms with van der Waals surface area (Å²) in [5.74, 6) is 0.411. The summed E-state index contributed by atoms with van der Waals surface area (Å²) < 4.78 is 0. The number of fused-ring (bicyclic) bond motifs is 3. The van der Waals surface area contributed by atoms with Gasteiger partial charge in [0.1, 0.15) is 0 Å². The molecule has 1 unspecified atom stereocenters. The van der Waals surface area contributed by atoms with Crippen molar-refractivity contribution in [2.45, 2.75) is 37.6 Å². The van der Waals surface area contributed by atoms with Gasteiger partial charge in [-0.15, -0.1) is 0 Å². The molecule has 0 radical (unpaired) electrons. The largest absolute Gasteiger partial charge is 0.368 e. The van der Waals surface area contributed by atoms with Gasteiger partial charge in [0.2, 0.25) is 5.95 Å². The lowest BCUT2D eigenvalue weighted by molar-refractivity contribution is 0.137. The fourth-order valence-corrected chi connectivity index (χ4v) is 4.84. The average molecular weight is 333 g/mol. The zero-order chi connectivity index (χ0) is 16.9. The Balaban J connectivity index is 1.44. The molecule has 3 N–H and O–H groups in total. The van der Waals surface area contributed by atoms with Crippen LogP contribution in [0.4, 0.5) is 5.95 Å². The van der Waals surface area contributed by atoms with Gasteiger partial charge in [-0.3, -0.25) is 4.90 Å². The van der Waals surface area contributed by atoms with E-state index in [4.69, 9.17) is 5.73 Å². The molecule has 1 atom stereocenters. The Kier molecular flexibility index (Phi) is 3.31. The number of H-pyrrole nitrogens is 1. The van der Waals surface area contributed by atoms with Crippen LogP contribution in [0.3, 0.4) is 0 Å². The van der Waals surface area contributed by atoms with Crippen molar-refractivity contribution in [2.24, 2.45) is 0 Å². The van der Waals surface area contributed by atoms with Crippen LogP contribution in [0.15, 0.2) is 36.7 Å².